The van der Waals surface area contributed by atoms with Gasteiger partial charge in [-0.2, -0.15) is 0 Å². The lowest BCUT2D eigenvalue weighted by Gasteiger charge is -2.36. The number of amides is 1. The molecule has 3 heterocycles. The van der Waals surface area contributed by atoms with Crippen LogP contribution in [0.4, 0.5) is 0 Å². The first-order chi connectivity index (χ1) is 11.7. The standard InChI is InChI=1S/C17H27N5OS/c1-14(23)21-8-10-22(11-9-21)17(18-2)19-5-7-20-6-3-16-15(13-20)4-12-24-16/h4,12H,3,5-11,13H2,1-2H3,(H,18,19). The summed E-state index contributed by atoms with van der Waals surface area (Å²) in [6, 6.07) is 2.26. The smallest absolute Gasteiger partial charge is 0.219 e. The number of guanidine groups is 1. The summed E-state index contributed by atoms with van der Waals surface area (Å²) in [5.41, 5.74) is 1.50. The lowest BCUT2D eigenvalue weighted by atomic mass is 10.1. The molecule has 6 nitrogen and oxygen atoms in total. The van der Waals surface area contributed by atoms with E-state index in [-0.39, 0.29) is 5.91 Å². The van der Waals surface area contributed by atoms with Crippen LogP contribution in [0.1, 0.15) is 17.4 Å². The van der Waals surface area contributed by atoms with Gasteiger partial charge in [-0.1, -0.05) is 0 Å². The normalized spacial score (nSPS) is 19.3. The SMILES string of the molecule is CN=C(NCCN1CCc2sccc2C1)N1CCN(C(C)=O)CC1. The van der Waals surface area contributed by atoms with Gasteiger partial charge in [0, 0.05) is 71.2 Å². The van der Waals surface area contributed by atoms with Crippen molar-refractivity contribution in [3.63, 3.8) is 0 Å². The van der Waals surface area contributed by atoms with Crippen molar-refractivity contribution in [2.45, 2.75) is 19.9 Å². The van der Waals surface area contributed by atoms with Crippen LogP contribution in [0.5, 0.6) is 0 Å². The van der Waals surface area contributed by atoms with Crippen molar-refractivity contribution in [3.05, 3.63) is 21.9 Å². The van der Waals surface area contributed by atoms with E-state index in [1.54, 1.807) is 11.8 Å². The van der Waals surface area contributed by atoms with Crippen molar-refractivity contribution >= 4 is 23.2 Å². The highest BCUT2D eigenvalue weighted by molar-refractivity contribution is 7.10. The van der Waals surface area contributed by atoms with E-state index in [2.05, 4.69) is 31.6 Å². The molecule has 1 fully saturated rings. The van der Waals surface area contributed by atoms with Crippen LogP contribution in [0.3, 0.4) is 0 Å². The molecule has 0 aromatic carbocycles. The number of carbonyl (C=O) groups excluding carboxylic acids is 1. The zero-order chi connectivity index (χ0) is 16.9. The predicted octanol–water partition coefficient (Wildman–Crippen LogP) is 0.846. The number of hydrogen-bond acceptors (Lipinski definition) is 4. The van der Waals surface area contributed by atoms with E-state index in [1.807, 2.05) is 23.3 Å². The van der Waals surface area contributed by atoms with Crippen LogP contribution < -0.4 is 5.32 Å². The van der Waals surface area contributed by atoms with Gasteiger partial charge in [-0.05, 0) is 23.4 Å². The van der Waals surface area contributed by atoms with Crippen LogP contribution in [0.25, 0.3) is 0 Å². The molecule has 1 amide bonds. The summed E-state index contributed by atoms with van der Waals surface area (Å²) < 4.78 is 0. The molecule has 0 saturated carbocycles. The first kappa shape index (κ1) is 17.2. The highest BCUT2D eigenvalue weighted by Gasteiger charge is 2.21. The average molecular weight is 350 g/mol. The van der Waals surface area contributed by atoms with E-state index in [1.165, 1.54) is 12.0 Å². The average Bonchev–Trinajstić information content (AvgIpc) is 3.06. The van der Waals surface area contributed by atoms with Crippen LogP contribution >= 0.6 is 11.3 Å². The molecular formula is C17H27N5OS. The van der Waals surface area contributed by atoms with Gasteiger partial charge in [0.25, 0.3) is 0 Å². The minimum absolute atomic E-state index is 0.162. The van der Waals surface area contributed by atoms with Gasteiger partial charge < -0.3 is 15.1 Å². The molecule has 1 N–H and O–H groups in total. The third-order valence-electron chi connectivity index (χ3n) is 4.83. The lowest BCUT2D eigenvalue weighted by molar-refractivity contribution is -0.130. The molecular weight excluding hydrogens is 322 g/mol. The molecule has 0 radical (unpaired) electrons. The first-order valence-corrected chi connectivity index (χ1v) is 9.54. The Hall–Kier alpha value is -1.60. The molecule has 0 bridgehead atoms. The summed E-state index contributed by atoms with van der Waals surface area (Å²) in [7, 11) is 1.83. The Bertz CT molecular complexity index is 592. The van der Waals surface area contributed by atoms with Crippen molar-refractivity contribution in [2.24, 2.45) is 4.99 Å². The van der Waals surface area contributed by atoms with Crippen molar-refractivity contribution in [1.29, 1.82) is 0 Å². The zero-order valence-corrected chi connectivity index (χ0v) is 15.4. The Morgan fingerprint density at radius 1 is 1.25 bits per heavy atom. The largest absolute Gasteiger partial charge is 0.355 e. The number of fused-ring (bicyclic) bond motifs is 1. The molecule has 1 aromatic rings. The van der Waals surface area contributed by atoms with Crippen LogP contribution in [0, 0.1) is 0 Å². The minimum Gasteiger partial charge on any atom is -0.355 e. The number of carbonyl (C=O) groups is 1. The van der Waals surface area contributed by atoms with Gasteiger partial charge in [-0.3, -0.25) is 14.7 Å². The number of nitrogens with one attached hydrogen (secondary N) is 1. The molecule has 0 aliphatic carbocycles. The quantitative estimate of drug-likeness (QED) is 0.649. The van der Waals surface area contributed by atoms with Crippen LogP contribution in [0.2, 0.25) is 0 Å². The van der Waals surface area contributed by atoms with Crippen molar-refractivity contribution < 1.29 is 4.79 Å². The molecule has 132 valence electrons. The van der Waals surface area contributed by atoms with E-state index in [9.17, 15) is 4.79 Å². The second kappa shape index (κ2) is 7.98. The fourth-order valence-electron chi connectivity index (χ4n) is 3.39. The maximum absolute atomic E-state index is 11.4. The summed E-state index contributed by atoms with van der Waals surface area (Å²) in [5.74, 6) is 1.11. The number of aliphatic imine (C=N–C) groups is 1. The zero-order valence-electron chi connectivity index (χ0n) is 14.6. The van der Waals surface area contributed by atoms with Crippen LogP contribution in [0.15, 0.2) is 16.4 Å². The van der Waals surface area contributed by atoms with Gasteiger partial charge in [0.05, 0.1) is 0 Å². The Labute approximate surface area is 148 Å². The number of nitrogens with zero attached hydrogens (tertiary/aromatic N) is 4. The Kier molecular flexibility index (Phi) is 5.73. The minimum atomic E-state index is 0.162. The topological polar surface area (TPSA) is 51.2 Å². The summed E-state index contributed by atoms with van der Waals surface area (Å²) in [6.45, 7) is 9.04. The van der Waals surface area contributed by atoms with Gasteiger partial charge in [-0.25, -0.2) is 0 Å². The molecule has 0 spiro atoms. The van der Waals surface area contributed by atoms with E-state index in [0.29, 0.717) is 0 Å². The number of piperazine rings is 1. The van der Waals surface area contributed by atoms with E-state index in [4.69, 9.17) is 0 Å². The van der Waals surface area contributed by atoms with Gasteiger partial charge in [0.1, 0.15) is 0 Å². The monoisotopic (exact) mass is 349 g/mol. The second-order valence-electron chi connectivity index (χ2n) is 6.36. The molecule has 2 aliphatic rings. The van der Waals surface area contributed by atoms with Gasteiger partial charge >= 0.3 is 0 Å². The highest BCUT2D eigenvalue weighted by Crippen LogP contribution is 2.23. The van der Waals surface area contributed by atoms with Crippen LogP contribution in [-0.4, -0.2) is 79.4 Å². The Morgan fingerprint density at radius 2 is 2.00 bits per heavy atom. The number of rotatable bonds is 3. The highest BCUT2D eigenvalue weighted by atomic mass is 32.1. The summed E-state index contributed by atoms with van der Waals surface area (Å²) in [5, 5.41) is 5.69. The number of hydrogen-bond donors (Lipinski definition) is 1. The first-order valence-electron chi connectivity index (χ1n) is 8.66. The Balaban J connectivity index is 1.42. The maximum Gasteiger partial charge on any atom is 0.219 e. The van der Waals surface area contributed by atoms with Crippen molar-refractivity contribution in [2.75, 3.05) is 52.9 Å². The van der Waals surface area contributed by atoms with Gasteiger partial charge in [-0.15, -0.1) is 11.3 Å². The van der Waals surface area contributed by atoms with Gasteiger partial charge in [0.2, 0.25) is 5.91 Å². The lowest BCUT2D eigenvalue weighted by Crippen LogP contribution is -2.54. The fourth-order valence-corrected chi connectivity index (χ4v) is 4.28. The Morgan fingerprint density at radius 3 is 2.71 bits per heavy atom. The number of thiophene rings is 1. The van der Waals surface area contributed by atoms with Gasteiger partial charge in [0.15, 0.2) is 5.96 Å². The van der Waals surface area contributed by atoms with Crippen molar-refractivity contribution in [3.8, 4) is 0 Å². The summed E-state index contributed by atoms with van der Waals surface area (Å²) in [4.78, 5) is 24.0. The van der Waals surface area contributed by atoms with E-state index >= 15 is 0 Å². The van der Waals surface area contributed by atoms with Crippen molar-refractivity contribution in [1.82, 2.24) is 20.0 Å². The molecule has 3 rings (SSSR count). The third-order valence-corrected chi connectivity index (χ3v) is 5.86. The molecule has 1 aromatic heterocycles. The molecule has 7 heteroatoms. The van der Waals surface area contributed by atoms with E-state index < -0.39 is 0 Å². The molecule has 1 saturated heterocycles. The third kappa shape index (κ3) is 4.08. The second-order valence-corrected chi connectivity index (χ2v) is 7.36. The molecule has 24 heavy (non-hydrogen) atoms. The molecule has 2 aliphatic heterocycles. The maximum atomic E-state index is 11.4. The van der Waals surface area contributed by atoms with E-state index in [0.717, 1.165) is 58.3 Å². The predicted molar refractivity (Wildman–Crippen MR) is 98.5 cm³/mol. The molecule has 0 atom stereocenters. The fraction of sp³-hybridized carbons (Fsp3) is 0.647. The van der Waals surface area contributed by atoms with Crippen LogP contribution in [-0.2, 0) is 17.8 Å². The molecule has 0 unspecified atom stereocenters. The summed E-state index contributed by atoms with van der Waals surface area (Å²) in [6.07, 6.45) is 1.18. The summed E-state index contributed by atoms with van der Waals surface area (Å²) >= 11 is 1.88.